The lowest BCUT2D eigenvalue weighted by molar-refractivity contribution is 0.232. The molecule has 0 radical (unpaired) electrons. The first-order valence-corrected chi connectivity index (χ1v) is 10.5. The summed E-state index contributed by atoms with van der Waals surface area (Å²) in [5.41, 5.74) is 1.12. The fraction of sp³-hybridized carbons (Fsp3) is 0.167. The second-order valence-corrected chi connectivity index (χ2v) is 7.72. The molecule has 0 spiro atoms. The van der Waals surface area contributed by atoms with Gasteiger partial charge in [-0.25, -0.2) is 9.18 Å². The third-order valence-corrected chi connectivity index (χ3v) is 4.98. The van der Waals surface area contributed by atoms with Crippen LogP contribution in [-0.2, 0) is 6.54 Å². The minimum atomic E-state index is -0.880. The van der Waals surface area contributed by atoms with E-state index in [0.29, 0.717) is 29.7 Å². The monoisotopic (exact) mass is 505 g/mol. The summed E-state index contributed by atoms with van der Waals surface area (Å²) in [6, 6.07) is 20.7. The quantitative estimate of drug-likeness (QED) is 0.305. The van der Waals surface area contributed by atoms with Gasteiger partial charge in [-0.3, -0.25) is 4.90 Å². The fourth-order valence-corrected chi connectivity index (χ4v) is 3.23. The number of hydrogen-bond donors (Lipinski definition) is 0. The summed E-state index contributed by atoms with van der Waals surface area (Å²) in [6.45, 7) is 1.82. The number of likely N-dealkylation sites (N-methyl/N-ethyl adjacent to an activating group) is 1. The molecule has 0 aliphatic rings. The van der Waals surface area contributed by atoms with Gasteiger partial charge in [-0.1, -0.05) is 47.0 Å². The van der Waals surface area contributed by atoms with Crippen molar-refractivity contribution < 1.29 is 18.3 Å². The summed E-state index contributed by atoms with van der Waals surface area (Å²) in [6.07, 6.45) is -0.316. The molecule has 4 rings (SSSR count). The van der Waals surface area contributed by atoms with E-state index in [2.05, 4.69) is 22.1 Å². The molecule has 7 nitrogen and oxygen atoms in total. The maximum absolute atomic E-state index is 14.7. The van der Waals surface area contributed by atoms with Crippen LogP contribution < -0.4 is 15.2 Å². The van der Waals surface area contributed by atoms with E-state index in [-0.39, 0.29) is 24.2 Å². The first-order chi connectivity index (χ1) is 16.0. The molecule has 0 saturated heterocycles. The third kappa shape index (κ3) is 6.60. The molecule has 0 amide bonds. The largest absolute Gasteiger partial charge is 0.492 e. The number of benzene rings is 3. The van der Waals surface area contributed by atoms with Gasteiger partial charge >= 0.3 is 11.8 Å². The van der Waals surface area contributed by atoms with E-state index in [1.807, 2.05) is 25.2 Å². The average Bonchev–Trinajstić information content (AvgIpc) is 3.16. The number of halogens is 3. The maximum atomic E-state index is 14.7. The molecule has 0 bridgehead atoms. The van der Waals surface area contributed by atoms with Gasteiger partial charge in [-0.2, -0.15) is 4.68 Å². The van der Waals surface area contributed by atoms with Gasteiger partial charge in [0.15, 0.2) is 5.82 Å². The Morgan fingerprint density at radius 1 is 1.06 bits per heavy atom. The molecule has 0 saturated carbocycles. The molecule has 0 N–H and O–H groups in total. The van der Waals surface area contributed by atoms with Crippen LogP contribution in [-0.4, -0.2) is 34.9 Å². The second kappa shape index (κ2) is 11.7. The van der Waals surface area contributed by atoms with Crippen LogP contribution >= 0.6 is 24.0 Å². The normalized spacial score (nSPS) is 10.7. The summed E-state index contributed by atoms with van der Waals surface area (Å²) >= 11 is 5.83. The van der Waals surface area contributed by atoms with E-state index < -0.39 is 11.6 Å². The lowest BCUT2D eigenvalue weighted by Gasteiger charge is -2.17. The molecular weight excluding hydrogens is 484 g/mol. The molecule has 1 aromatic heterocycles. The van der Waals surface area contributed by atoms with Gasteiger partial charge in [0.1, 0.15) is 23.8 Å². The van der Waals surface area contributed by atoms with E-state index in [0.717, 1.165) is 11.2 Å². The molecule has 0 unspecified atom stereocenters. The zero-order valence-corrected chi connectivity index (χ0v) is 19.8. The molecule has 0 fully saturated rings. The van der Waals surface area contributed by atoms with E-state index >= 15 is 0 Å². The van der Waals surface area contributed by atoms with Crippen LogP contribution in [0.15, 0.2) is 82.0 Å². The highest BCUT2D eigenvalue weighted by Crippen LogP contribution is 2.23. The maximum Gasteiger partial charge on any atom is 0.444 e. The predicted molar refractivity (Wildman–Crippen MR) is 129 cm³/mol. The van der Waals surface area contributed by atoms with Crippen molar-refractivity contribution in [1.82, 2.24) is 14.7 Å². The van der Waals surface area contributed by atoms with Crippen molar-refractivity contribution in [2.45, 2.75) is 6.54 Å². The van der Waals surface area contributed by atoms with Crippen LogP contribution in [0.25, 0.3) is 5.69 Å². The summed E-state index contributed by atoms with van der Waals surface area (Å²) in [5.74, 6) is -0.847. The first-order valence-electron chi connectivity index (χ1n) is 10.2. The molecule has 178 valence electrons. The van der Waals surface area contributed by atoms with E-state index in [4.69, 9.17) is 25.5 Å². The Morgan fingerprint density at radius 2 is 1.76 bits per heavy atom. The zero-order valence-electron chi connectivity index (χ0n) is 18.2. The van der Waals surface area contributed by atoms with Crippen molar-refractivity contribution in [2.24, 2.45) is 0 Å². The van der Waals surface area contributed by atoms with E-state index in [1.165, 1.54) is 17.7 Å². The molecule has 0 aliphatic heterocycles. The van der Waals surface area contributed by atoms with Gasteiger partial charge in [0.2, 0.25) is 0 Å². The standard InChI is InChI=1S/C24H21ClFN3O4.ClH/c1-28(16-17-5-3-2-4-6-17)13-14-31-20-11-12-22(21(26)15-20)29-24(30)33-23(27-29)32-19-9-7-18(25)8-10-19;/h2-12,15H,13-14,16H2,1H3;1H. The molecule has 34 heavy (non-hydrogen) atoms. The molecule has 1 heterocycles. The Labute approximate surface area is 206 Å². The van der Waals surface area contributed by atoms with Crippen LogP contribution in [0.3, 0.4) is 0 Å². The van der Waals surface area contributed by atoms with Crippen molar-refractivity contribution >= 4 is 24.0 Å². The van der Waals surface area contributed by atoms with Crippen molar-refractivity contribution in [3.05, 3.63) is 99.8 Å². The highest BCUT2D eigenvalue weighted by Gasteiger charge is 2.16. The lowest BCUT2D eigenvalue weighted by Crippen LogP contribution is -2.23. The zero-order chi connectivity index (χ0) is 23.2. The average molecular weight is 506 g/mol. The van der Waals surface area contributed by atoms with Gasteiger partial charge in [-0.15, -0.1) is 12.4 Å². The minimum absolute atomic E-state index is 0. The van der Waals surface area contributed by atoms with Crippen LogP contribution in [0, 0.1) is 5.82 Å². The molecule has 0 aliphatic carbocycles. The summed E-state index contributed by atoms with van der Waals surface area (Å²) in [7, 11) is 1.99. The fourth-order valence-electron chi connectivity index (χ4n) is 3.10. The SMILES string of the molecule is CN(CCOc1ccc(-n2nc(Oc3ccc(Cl)cc3)oc2=O)c(F)c1)Cc1ccccc1.Cl. The molecule has 0 atom stereocenters. The van der Waals surface area contributed by atoms with E-state index in [9.17, 15) is 9.18 Å². The first kappa shape index (κ1) is 25.3. The topological polar surface area (TPSA) is 69.7 Å². The molecule has 4 aromatic rings. The van der Waals surface area contributed by atoms with Gasteiger partial charge < -0.3 is 13.9 Å². The van der Waals surface area contributed by atoms with Gasteiger partial charge in [-0.05, 0) is 49.0 Å². The Balaban J connectivity index is 0.00000324. The van der Waals surface area contributed by atoms with Crippen molar-refractivity contribution in [3.8, 4) is 23.3 Å². The van der Waals surface area contributed by atoms with Crippen LogP contribution in [0.1, 0.15) is 5.56 Å². The number of ether oxygens (including phenoxy) is 2. The summed E-state index contributed by atoms with van der Waals surface area (Å²) < 4.78 is 31.5. The molecule has 10 heteroatoms. The Hall–Kier alpha value is -3.33. The van der Waals surface area contributed by atoms with Crippen molar-refractivity contribution in [3.63, 3.8) is 0 Å². The van der Waals surface area contributed by atoms with Gasteiger partial charge in [0, 0.05) is 24.2 Å². The van der Waals surface area contributed by atoms with Crippen LogP contribution in [0.4, 0.5) is 4.39 Å². The van der Waals surface area contributed by atoms with Crippen LogP contribution in [0.2, 0.25) is 5.02 Å². The Morgan fingerprint density at radius 3 is 2.47 bits per heavy atom. The highest BCUT2D eigenvalue weighted by atomic mass is 35.5. The number of rotatable bonds is 9. The number of hydrogen-bond acceptors (Lipinski definition) is 6. The minimum Gasteiger partial charge on any atom is -0.492 e. The molecule has 3 aromatic carbocycles. The Kier molecular flexibility index (Phi) is 8.70. The third-order valence-electron chi connectivity index (χ3n) is 4.73. The summed E-state index contributed by atoms with van der Waals surface area (Å²) in [4.78, 5) is 14.3. The second-order valence-electron chi connectivity index (χ2n) is 7.29. The lowest BCUT2D eigenvalue weighted by atomic mass is 10.2. The Bertz CT molecular complexity index is 1260. The van der Waals surface area contributed by atoms with Gasteiger partial charge in [0.25, 0.3) is 0 Å². The van der Waals surface area contributed by atoms with Crippen molar-refractivity contribution in [2.75, 3.05) is 20.2 Å². The van der Waals surface area contributed by atoms with Crippen molar-refractivity contribution in [1.29, 1.82) is 0 Å². The number of aromatic nitrogens is 2. The smallest absolute Gasteiger partial charge is 0.444 e. The highest BCUT2D eigenvalue weighted by molar-refractivity contribution is 6.30. The van der Waals surface area contributed by atoms with E-state index in [1.54, 1.807) is 30.3 Å². The molecular formula is C24H22Cl2FN3O4. The van der Waals surface area contributed by atoms with Crippen LogP contribution in [0.5, 0.6) is 17.6 Å². The summed E-state index contributed by atoms with van der Waals surface area (Å²) in [5, 5.41) is 4.44. The number of nitrogens with zero attached hydrogens (tertiary/aromatic N) is 3. The predicted octanol–water partition coefficient (Wildman–Crippen LogP) is 5.34. The van der Waals surface area contributed by atoms with Gasteiger partial charge in [0.05, 0.1) is 0 Å².